The van der Waals surface area contributed by atoms with Gasteiger partial charge in [0.2, 0.25) is 0 Å². The van der Waals surface area contributed by atoms with E-state index in [9.17, 15) is 9.18 Å². The van der Waals surface area contributed by atoms with Crippen LogP contribution in [0.25, 0.3) is 0 Å². The van der Waals surface area contributed by atoms with E-state index in [1.807, 2.05) is 20.8 Å². The van der Waals surface area contributed by atoms with Crippen molar-refractivity contribution in [2.75, 3.05) is 0 Å². The van der Waals surface area contributed by atoms with E-state index in [0.717, 1.165) is 17.2 Å². The Morgan fingerprint density at radius 2 is 1.73 bits per heavy atom. The first-order chi connectivity index (χ1) is 10.3. The predicted octanol–water partition coefficient (Wildman–Crippen LogP) is 4.90. The molecule has 2 aromatic rings. The summed E-state index contributed by atoms with van der Waals surface area (Å²) in [6.45, 7) is 7.99. The van der Waals surface area contributed by atoms with Crippen molar-refractivity contribution in [3.8, 4) is 0 Å². The molecule has 2 nitrogen and oxygen atoms in total. The molecule has 0 unspecified atom stereocenters. The number of amides is 1. The van der Waals surface area contributed by atoms with E-state index in [1.54, 1.807) is 0 Å². The lowest BCUT2D eigenvalue weighted by atomic mass is 9.96. The fourth-order valence-corrected chi connectivity index (χ4v) is 2.63. The zero-order valence-corrected chi connectivity index (χ0v) is 13.9. The number of halogens is 2. The fraction of sp³-hybridized carbons (Fsp3) is 0.278. The van der Waals surface area contributed by atoms with Gasteiger partial charge in [0.05, 0.1) is 11.6 Å². The zero-order chi connectivity index (χ0) is 16.4. The predicted molar refractivity (Wildman–Crippen MR) is 87.9 cm³/mol. The molecule has 0 saturated carbocycles. The highest BCUT2D eigenvalue weighted by molar-refractivity contribution is 6.30. The average Bonchev–Trinajstić information content (AvgIpc) is 2.42. The van der Waals surface area contributed by atoms with Crippen LogP contribution in [0.4, 0.5) is 4.39 Å². The van der Waals surface area contributed by atoms with E-state index >= 15 is 0 Å². The first-order valence-corrected chi connectivity index (χ1v) is 7.51. The Labute approximate surface area is 135 Å². The van der Waals surface area contributed by atoms with E-state index in [-0.39, 0.29) is 16.6 Å². The van der Waals surface area contributed by atoms with Crippen molar-refractivity contribution < 1.29 is 9.18 Å². The molecule has 0 bridgehead atoms. The van der Waals surface area contributed by atoms with Crippen LogP contribution < -0.4 is 5.32 Å². The molecular formula is C18H19ClFNO. The van der Waals surface area contributed by atoms with Gasteiger partial charge in [-0.3, -0.25) is 4.79 Å². The Bertz CT molecular complexity index is 727. The van der Waals surface area contributed by atoms with Crippen LogP contribution in [0.5, 0.6) is 0 Å². The number of rotatable bonds is 3. The molecule has 2 aromatic carbocycles. The molecule has 0 aliphatic rings. The number of hydrogen-bond acceptors (Lipinski definition) is 1. The van der Waals surface area contributed by atoms with Gasteiger partial charge < -0.3 is 5.32 Å². The van der Waals surface area contributed by atoms with Gasteiger partial charge in [0, 0.05) is 5.02 Å². The summed E-state index contributed by atoms with van der Waals surface area (Å²) in [6.07, 6.45) is 0. The number of carbonyl (C=O) groups is 1. The molecule has 0 aromatic heterocycles. The summed E-state index contributed by atoms with van der Waals surface area (Å²) in [6, 6.07) is 7.99. The Morgan fingerprint density at radius 1 is 1.09 bits per heavy atom. The van der Waals surface area contributed by atoms with Crippen LogP contribution in [-0.2, 0) is 0 Å². The van der Waals surface area contributed by atoms with Gasteiger partial charge in [-0.15, -0.1) is 0 Å². The van der Waals surface area contributed by atoms with Gasteiger partial charge in [0.25, 0.3) is 5.91 Å². The first kappa shape index (κ1) is 16.5. The number of nitrogens with one attached hydrogen (secondary N) is 1. The van der Waals surface area contributed by atoms with Crippen LogP contribution >= 0.6 is 11.6 Å². The van der Waals surface area contributed by atoms with Gasteiger partial charge in [0.1, 0.15) is 5.82 Å². The minimum Gasteiger partial charge on any atom is -0.345 e. The van der Waals surface area contributed by atoms with Gasteiger partial charge in [-0.1, -0.05) is 23.7 Å². The summed E-state index contributed by atoms with van der Waals surface area (Å²) in [5, 5.41) is 3.11. The van der Waals surface area contributed by atoms with E-state index in [0.29, 0.717) is 0 Å². The standard InChI is InChI=1S/C18H19ClFNO/c1-10-7-12(3)16(8-11(10)2)13(4)21-18(22)15-6-5-14(19)9-17(15)20/h5-9,13H,1-4H3,(H,21,22)/t13-/m0/s1. The molecule has 0 saturated heterocycles. The highest BCUT2D eigenvalue weighted by Crippen LogP contribution is 2.22. The van der Waals surface area contributed by atoms with E-state index in [1.165, 1.54) is 23.3 Å². The zero-order valence-electron chi connectivity index (χ0n) is 13.1. The van der Waals surface area contributed by atoms with Crippen LogP contribution in [0.3, 0.4) is 0 Å². The summed E-state index contributed by atoms with van der Waals surface area (Å²) in [7, 11) is 0. The van der Waals surface area contributed by atoms with Crippen molar-refractivity contribution in [3.63, 3.8) is 0 Å². The summed E-state index contributed by atoms with van der Waals surface area (Å²) >= 11 is 5.70. The van der Waals surface area contributed by atoms with Gasteiger partial charge in [-0.25, -0.2) is 4.39 Å². The normalized spacial score (nSPS) is 12.1. The number of aryl methyl sites for hydroxylation is 3. The lowest BCUT2D eigenvalue weighted by Crippen LogP contribution is -2.28. The van der Waals surface area contributed by atoms with Gasteiger partial charge in [-0.2, -0.15) is 0 Å². The maximum Gasteiger partial charge on any atom is 0.254 e. The molecule has 116 valence electrons. The first-order valence-electron chi connectivity index (χ1n) is 7.13. The summed E-state index contributed by atoms with van der Waals surface area (Å²) in [5.41, 5.74) is 4.51. The Balaban J connectivity index is 2.23. The maximum atomic E-state index is 13.8. The number of carbonyl (C=O) groups excluding carboxylic acids is 1. The van der Waals surface area contributed by atoms with E-state index < -0.39 is 11.7 Å². The van der Waals surface area contributed by atoms with Crippen molar-refractivity contribution in [1.29, 1.82) is 0 Å². The highest BCUT2D eigenvalue weighted by atomic mass is 35.5. The number of benzene rings is 2. The fourth-order valence-electron chi connectivity index (χ4n) is 2.48. The quantitative estimate of drug-likeness (QED) is 0.857. The molecule has 1 atom stereocenters. The second-order valence-electron chi connectivity index (χ2n) is 5.61. The molecule has 1 amide bonds. The van der Waals surface area contributed by atoms with Crippen LogP contribution in [0.1, 0.15) is 45.6 Å². The molecule has 0 aliphatic carbocycles. The SMILES string of the molecule is Cc1cc(C)c([C@H](C)NC(=O)c2ccc(Cl)cc2F)cc1C. The molecule has 0 radical (unpaired) electrons. The summed E-state index contributed by atoms with van der Waals surface area (Å²) < 4.78 is 13.8. The molecular weight excluding hydrogens is 301 g/mol. The molecule has 22 heavy (non-hydrogen) atoms. The second kappa shape index (κ2) is 6.49. The Kier molecular flexibility index (Phi) is 4.87. The largest absolute Gasteiger partial charge is 0.345 e. The highest BCUT2D eigenvalue weighted by Gasteiger charge is 2.17. The van der Waals surface area contributed by atoms with Crippen molar-refractivity contribution >= 4 is 17.5 Å². The van der Waals surface area contributed by atoms with Gasteiger partial charge >= 0.3 is 0 Å². The molecule has 4 heteroatoms. The van der Waals surface area contributed by atoms with Crippen LogP contribution in [0.15, 0.2) is 30.3 Å². The van der Waals surface area contributed by atoms with Crippen molar-refractivity contribution in [2.45, 2.75) is 33.7 Å². The molecule has 0 spiro atoms. The topological polar surface area (TPSA) is 29.1 Å². The summed E-state index contributed by atoms with van der Waals surface area (Å²) in [5.74, 6) is -1.06. The third-order valence-corrected chi connectivity index (χ3v) is 4.11. The molecule has 0 aliphatic heterocycles. The Hall–Kier alpha value is -1.87. The van der Waals surface area contributed by atoms with Crippen LogP contribution in [-0.4, -0.2) is 5.91 Å². The molecule has 0 fully saturated rings. The lowest BCUT2D eigenvalue weighted by molar-refractivity contribution is 0.0936. The van der Waals surface area contributed by atoms with Crippen molar-refractivity contribution in [1.82, 2.24) is 5.32 Å². The minimum absolute atomic E-state index is 0.00210. The van der Waals surface area contributed by atoms with Crippen molar-refractivity contribution in [3.05, 3.63) is 69.0 Å². The average molecular weight is 320 g/mol. The minimum atomic E-state index is -0.617. The van der Waals surface area contributed by atoms with Crippen LogP contribution in [0, 0.1) is 26.6 Å². The smallest absolute Gasteiger partial charge is 0.254 e. The molecule has 1 N–H and O–H groups in total. The van der Waals surface area contributed by atoms with Gasteiger partial charge in [0.15, 0.2) is 0 Å². The Morgan fingerprint density at radius 3 is 2.36 bits per heavy atom. The maximum absolute atomic E-state index is 13.8. The summed E-state index contributed by atoms with van der Waals surface area (Å²) in [4.78, 5) is 12.2. The van der Waals surface area contributed by atoms with Crippen molar-refractivity contribution in [2.24, 2.45) is 0 Å². The lowest BCUT2D eigenvalue weighted by Gasteiger charge is -2.18. The number of hydrogen-bond donors (Lipinski definition) is 1. The van der Waals surface area contributed by atoms with Gasteiger partial charge in [-0.05, 0) is 68.1 Å². The monoisotopic (exact) mass is 319 g/mol. The second-order valence-corrected chi connectivity index (χ2v) is 6.05. The third kappa shape index (κ3) is 3.47. The third-order valence-electron chi connectivity index (χ3n) is 3.87. The van der Waals surface area contributed by atoms with E-state index in [2.05, 4.69) is 24.4 Å². The van der Waals surface area contributed by atoms with E-state index in [4.69, 9.17) is 11.6 Å². The van der Waals surface area contributed by atoms with Crippen LogP contribution in [0.2, 0.25) is 5.02 Å². The molecule has 0 heterocycles. The molecule has 2 rings (SSSR count).